The Hall–Kier alpha value is -1.84. The number of carbonyl (C=O) groups excluding carboxylic acids is 1. The average molecular weight is 349 g/mol. The van der Waals surface area contributed by atoms with E-state index < -0.39 is 44.7 Å². The van der Waals surface area contributed by atoms with Crippen molar-refractivity contribution in [3.8, 4) is 0 Å². The number of fused-ring (bicyclic) bond motifs is 1. The van der Waals surface area contributed by atoms with Crippen molar-refractivity contribution in [3.05, 3.63) is 17.5 Å². The predicted octanol–water partition coefficient (Wildman–Crippen LogP) is 1.72. The second kappa shape index (κ2) is 5.36. The minimum absolute atomic E-state index is 0.206. The van der Waals surface area contributed by atoms with Crippen LogP contribution in [0.5, 0.6) is 0 Å². The molecule has 0 fully saturated rings. The van der Waals surface area contributed by atoms with E-state index in [1.165, 1.54) is 0 Å². The van der Waals surface area contributed by atoms with E-state index in [0.29, 0.717) is 0 Å². The van der Waals surface area contributed by atoms with Gasteiger partial charge in [-0.1, -0.05) is 0 Å². The number of carbonyl (C=O) groups is 1. The normalized spacial score (nSPS) is 17.6. The van der Waals surface area contributed by atoms with Crippen molar-refractivity contribution < 1.29 is 26.7 Å². The largest absolute Gasteiger partial charge is 0.444 e. The first-order valence-electron chi connectivity index (χ1n) is 6.72. The number of halogens is 2. The fourth-order valence-electron chi connectivity index (χ4n) is 2.02. The molecule has 0 aliphatic carbocycles. The van der Waals surface area contributed by atoms with E-state index in [1.54, 1.807) is 20.8 Å². The Balaban J connectivity index is 2.39. The summed E-state index contributed by atoms with van der Waals surface area (Å²) >= 11 is 0. The fourth-order valence-corrected chi connectivity index (χ4v) is 2.54. The molecule has 0 atom stereocenters. The number of hydrogen-bond acceptors (Lipinski definition) is 6. The summed E-state index contributed by atoms with van der Waals surface area (Å²) in [6.07, 6.45) is 0.759. The lowest BCUT2D eigenvalue weighted by atomic mass is 10.0. The van der Waals surface area contributed by atoms with E-state index >= 15 is 0 Å². The summed E-state index contributed by atoms with van der Waals surface area (Å²) in [4.78, 5) is 20.0. The summed E-state index contributed by atoms with van der Waals surface area (Å²) < 4.78 is 56.4. The molecule has 1 aromatic heterocycles. The minimum Gasteiger partial charge on any atom is -0.444 e. The first-order chi connectivity index (χ1) is 10.3. The molecule has 7 nitrogen and oxygen atoms in total. The maximum absolute atomic E-state index is 14.2. The third-order valence-corrected chi connectivity index (χ3v) is 3.81. The Kier molecular flexibility index (Phi) is 4.08. The molecule has 0 aromatic carbocycles. The number of sulfone groups is 1. The van der Waals surface area contributed by atoms with Gasteiger partial charge in [-0.25, -0.2) is 23.2 Å². The smallest absolute Gasteiger partial charge is 0.410 e. The van der Waals surface area contributed by atoms with Crippen LogP contribution in [0.4, 0.5) is 13.6 Å². The molecule has 0 saturated carbocycles. The minimum atomic E-state index is -3.74. The molecule has 0 unspecified atom stereocenters. The van der Waals surface area contributed by atoms with Gasteiger partial charge in [0.25, 0.3) is 5.92 Å². The van der Waals surface area contributed by atoms with Gasteiger partial charge in [0.05, 0.1) is 24.3 Å². The highest BCUT2D eigenvalue weighted by atomic mass is 32.2. The van der Waals surface area contributed by atoms with E-state index in [-0.39, 0.29) is 12.2 Å². The number of rotatable bonds is 1. The summed E-state index contributed by atoms with van der Waals surface area (Å²) in [7, 11) is -3.74. The van der Waals surface area contributed by atoms with Gasteiger partial charge in [0.1, 0.15) is 5.60 Å². The first-order valence-corrected chi connectivity index (χ1v) is 8.61. The van der Waals surface area contributed by atoms with Crippen LogP contribution >= 0.6 is 0 Å². The van der Waals surface area contributed by atoms with Gasteiger partial charge in [-0.3, -0.25) is 4.90 Å². The number of hydrogen-bond donors (Lipinski definition) is 0. The third kappa shape index (κ3) is 3.92. The molecule has 1 aromatic rings. The van der Waals surface area contributed by atoms with Crippen molar-refractivity contribution in [2.45, 2.75) is 44.0 Å². The zero-order valence-corrected chi connectivity index (χ0v) is 13.9. The highest BCUT2D eigenvalue weighted by Crippen LogP contribution is 2.36. The number of aromatic nitrogens is 2. The zero-order chi connectivity index (χ0) is 17.6. The van der Waals surface area contributed by atoms with E-state index in [1.807, 2.05) is 0 Å². The Bertz CT molecular complexity index is 744. The van der Waals surface area contributed by atoms with Gasteiger partial charge < -0.3 is 4.74 Å². The number of alkyl halides is 2. The van der Waals surface area contributed by atoms with Gasteiger partial charge in [0, 0.05) is 12.5 Å². The summed E-state index contributed by atoms with van der Waals surface area (Å²) in [5.41, 5.74) is -1.52. The van der Waals surface area contributed by atoms with Gasteiger partial charge in [-0.05, 0) is 20.8 Å². The average Bonchev–Trinajstić information content (AvgIpc) is 2.34. The van der Waals surface area contributed by atoms with E-state index in [0.717, 1.165) is 17.4 Å². The van der Waals surface area contributed by atoms with Crippen LogP contribution in [0, 0.1) is 0 Å². The lowest BCUT2D eigenvalue weighted by molar-refractivity contribution is -0.0606. The van der Waals surface area contributed by atoms with Gasteiger partial charge >= 0.3 is 6.09 Å². The number of ether oxygens (including phenoxy) is 1. The summed E-state index contributed by atoms with van der Waals surface area (Å²) in [6, 6.07) is 0. The lowest BCUT2D eigenvalue weighted by Gasteiger charge is -2.34. The van der Waals surface area contributed by atoms with Gasteiger partial charge in [-0.2, -0.15) is 8.78 Å². The molecule has 0 saturated heterocycles. The topological polar surface area (TPSA) is 89.5 Å². The molecule has 1 amide bonds. The van der Waals surface area contributed by atoms with Crippen LogP contribution in [0.15, 0.2) is 11.4 Å². The molecule has 23 heavy (non-hydrogen) atoms. The molecule has 1 aliphatic rings. The van der Waals surface area contributed by atoms with Crippen molar-refractivity contribution in [2.24, 2.45) is 0 Å². The Morgan fingerprint density at radius 3 is 2.52 bits per heavy atom. The van der Waals surface area contributed by atoms with Crippen molar-refractivity contribution >= 4 is 15.9 Å². The molecule has 128 valence electrons. The quantitative estimate of drug-likeness (QED) is 0.717. The van der Waals surface area contributed by atoms with Gasteiger partial charge in [0.15, 0.2) is 0 Å². The first kappa shape index (κ1) is 17.5. The number of nitrogens with zero attached hydrogens (tertiary/aromatic N) is 3. The standard InChI is InChI=1S/C13H17F2N3O4S/c1-12(2,3)22-11(19)18-6-9-8(13(14,15)7-18)5-16-10(17-9)23(4,20)21/h5H,6-7H2,1-4H3. The van der Waals surface area contributed by atoms with E-state index in [2.05, 4.69) is 9.97 Å². The molecule has 0 bridgehead atoms. The lowest BCUT2D eigenvalue weighted by Crippen LogP contribution is -2.46. The SMILES string of the molecule is CC(C)(C)OC(=O)N1Cc2nc(S(C)(=O)=O)ncc2C(F)(F)C1. The molecule has 2 heterocycles. The number of amides is 1. The molecule has 0 spiro atoms. The Labute approximate surface area is 132 Å². The fraction of sp³-hybridized carbons (Fsp3) is 0.615. The van der Waals surface area contributed by atoms with Gasteiger partial charge in [0.2, 0.25) is 15.0 Å². The highest BCUT2D eigenvalue weighted by molar-refractivity contribution is 7.90. The molecular weight excluding hydrogens is 332 g/mol. The van der Waals surface area contributed by atoms with E-state index in [4.69, 9.17) is 4.74 Å². The van der Waals surface area contributed by atoms with E-state index in [9.17, 15) is 22.0 Å². The zero-order valence-electron chi connectivity index (χ0n) is 13.1. The van der Waals surface area contributed by atoms with Crippen molar-refractivity contribution in [1.29, 1.82) is 0 Å². The van der Waals surface area contributed by atoms with Crippen LogP contribution in [0.1, 0.15) is 32.0 Å². The summed E-state index contributed by atoms with van der Waals surface area (Å²) in [5.74, 6) is -3.39. The summed E-state index contributed by atoms with van der Waals surface area (Å²) in [6.45, 7) is 3.70. The van der Waals surface area contributed by atoms with Crippen LogP contribution in [0.3, 0.4) is 0 Å². The van der Waals surface area contributed by atoms with Crippen LogP contribution in [-0.2, 0) is 27.0 Å². The Morgan fingerprint density at radius 1 is 1.39 bits per heavy atom. The second-order valence-electron chi connectivity index (χ2n) is 6.33. The molecule has 0 N–H and O–H groups in total. The van der Waals surface area contributed by atoms with Gasteiger partial charge in [-0.15, -0.1) is 0 Å². The second-order valence-corrected chi connectivity index (χ2v) is 8.24. The predicted molar refractivity (Wildman–Crippen MR) is 75.7 cm³/mol. The van der Waals surface area contributed by atoms with Crippen LogP contribution in [0.2, 0.25) is 0 Å². The van der Waals surface area contributed by atoms with Crippen molar-refractivity contribution in [3.63, 3.8) is 0 Å². The van der Waals surface area contributed by atoms with Crippen molar-refractivity contribution in [1.82, 2.24) is 14.9 Å². The third-order valence-electron chi connectivity index (χ3n) is 2.95. The molecule has 10 heteroatoms. The maximum atomic E-state index is 14.2. The molecule has 0 radical (unpaired) electrons. The van der Waals surface area contributed by atoms with Crippen LogP contribution < -0.4 is 0 Å². The maximum Gasteiger partial charge on any atom is 0.410 e. The Morgan fingerprint density at radius 2 is 2.00 bits per heavy atom. The molecular formula is C13H17F2N3O4S. The van der Waals surface area contributed by atoms with Crippen LogP contribution in [0.25, 0.3) is 0 Å². The highest BCUT2D eigenvalue weighted by Gasteiger charge is 2.44. The summed E-state index contributed by atoms with van der Waals surface area (Å²) in [5, 5.41) is -0.557. The van der Waals surface area contributed by atoms with Crippen molar-refractivity contribution in [2.75, 3.05) is 12.8 Å². The molecule has 1 aliphatic heterocycles. The monoisotopic (exact) mass is 349 g/mol. The van der Waals surface area contributed by atoms with Crippen LogP contribution in [-0.4, -0.2) is 47.8 Å². The molecule has 2 rings (SSSR count).